The van der Waals surface area contributed by atoms with Crippen LogP contribution in [0.5, 0.6) is 0 Å². The number of nitrogens with one attached hydrogen (secondary N) is 2. The molecule has 2 fully saturated rings. The van der Waals surface area contributed by atoms with Gasteiger partial charge in [-0.25, -0.2) is 0 Å². The van der Waals surface area contributed by atoms with Crippen LogP contribution in [-0.4, -0.2) is 31.5 Å². The second-order valence-electron chi connectivity index (χ2n) is 5.44. The van der Waals surface area contributed by atoms with Crippen molar-refractivity contribution in [1.29, 1.82) is 0 Å². The highest BCUT2D eigenvalue weighted by molar-refractivity contribution is 5.16. The van der Waals surface area contributed by atoms with Gasteiger partial charge in [0.05, 0.1) is 6.61 Å². The maximum Gasteiger partial charge on any atom is 0.132 e. The quantitative estimate of drug-likeness (QED) is 0.833. The molecular weight excluding hydrogens is 224 g/mol. The monoisotopic (exact) mass is 246 g/mol. The van der Waals surface area contributed by atoms with Gasteiger partial charge in [0, 0.05) is 12.6 Å². The molecule has 0 aromatic heterocycles. The van der Waals surface area contributed by atoms with Crippen molar-refractivity contribution in [3.05, 3.63) is 35.9 Å². The van der Waals surface area contributed by atoms with Gasteiger partial charge in [0.15, 0.2) is 0 Å². The van der Waals surface area contributed by atoms with Gasteiger partial charge in [-0.1, -0.05) is 30.3 Å². The highest BCUT2D eigenvalue weighted by atomic mass is 16.5. The summed E-state index contributed by atoms with van der Waals surface area (Å²) in [5, 5.41) is 7.17. The molecule has 0 radical (unpaired) electrons. The Labute approximate surface area is 109 Å². The fourth-order valence-electron chi connectivity index (χ4n) is 3.06. The van der Waals surface area contributed by atoms with E-state index in [4.69, 9.17) is 4.74 Å². The van der Waals surface area contributed by atoms with Crippen molar-refractivity contribution < 1.29 is 4.74 Å². The molecule has 0 amide bonds. The molecule has 2 unspecified atom stereocenters. The fraction of sp³-hybridized carbons (Fsp3) is 0.600. The number of rotatable bonds is 2. The van der Waals surface area contributed by atoms with Crippen molar-refractivity contribution in [2.45, 2.75) is 37.5 Å². The van der Waals surface area contributed by atoms with Crippen LogP contribution in [0.2, 0.25) is 0 Å². The topological polar surface area (TPSA) is 33.3 Å². The number of piperidine rings is 1. The summed E-state index contributed by atoms with van der Waals surface area (Å²) in [7, 11) is 0. The Balaban J connectivity index is 1.63. The highest BCUT2D eigenvalue weighted by Gasteiger charge is 2.37. The molecule has 1 aromatic rings. The van der Waals surface area contributed by atoms with E-state index in [1.807, 2.05) is 0 Å². The smallest absolute Gasteiger partial charge is 0.132 e. The van der Waals surface area contributed by atoms with Crippen molar-refractivity contribution in [3.8, 4) is 0 Å². The van der Waals surface area contributed by atoms with E-state index in [1.165, 1.54) is 12.0 Å². The lowest BCUT2D eigenvalue weighted by molar-refractivity contribution is -0.121. The molecule has 98 valence electrons. The van der Waals surface area contributed by atoms with Crippen molar-refractivity contribution in [3.63, 3.8) is 0 Å². The Morgan fingerprint density at radius 2 is 2.17 bits per heavy atom. The van der Waals surface area contributed by atoms with E-state index in [0.717, 1.165) is 39.0 Å². The van der Waals surface area contributed by atoms with E-state index in [9.17, 15) is 0 Å². The van der Waals surface area contributed by atoms with E-state index in [0.29, 0.717) is 6.04 Å². The lowest BCUT2D eigenvalue weighted by Crippen LogP contribution is -2.63. The van der Waals surface area contributed by atoms with Gasteiger partial charge in [0.1, 0.15) is 5.72 Å². The van der Waals surface area contributed by atoms with E-state index in [1.54, 1.807) is 0 Å². The zero-order valence-corrected chi connectivity index (χ0v) is 10.8. The van der Waals surface area contributed by atoms with Crippen LogP contribution < -0.4 is 10.6 Å². The summed E-state index contributed by atoms with van der Waals surface area (Å²) >= 11 is 0. The average Bonchev–Trinajstić information content (AvgIpc) is 2.41. The molecule has 1 spiro atoms. The Kier molecular flexibility index (Phi) is 3.64. The summed E-state index contributed by atoms with van der Waals surface area (Å²) in [6.45, 7) is 2.95. The van der Waals surface area contributed by atoms with Crippen molar-refractivity contribution in [2.24, 2.45) is 0 Å². The first-order valence-corrected chi connectivity index (χ1v) is 7.03. The second kappa shape index (κ2) is 5.39. The molecular formula is C15H22N2O. The molecule has 2 saturated heterocycles. The Morgan fingerprint density at radius 3 is 2.94 bits per heavy atom. The maximum absolute atomic E-state index is 6.00. The van der Waals surface area contributed by atoms with E-state index in [2.05, 4.69) is 41.0 Å². The minimum Gasteiger partial charge on any atom is -0.359 e. The van der Waals surface area contributed by atoms with Crippen LogP contribution >= 0.6 is 0 Å². The van der Waals surface area contributed by atoms with Crippen molar-refractivity contribution in [1.82, 2.24) is 10.6 Å². The van der Waals surface area contributed by atoms with Crippen LogP contribution in [0.4, 0.5) is 0 Å². The molecule has 2 atom stereocenters. The molecule has 1 aromatic carbocycles. The summed E-state index contributed by atoms with van der Waals surface area (Å²) in [4.78, 5) is 0. The number of benzene rings is 1. The molecule has 2 aliphatic heterocycles. The zero-order valence-electron chi connectivity index (χ0n) is 10.8. The third kappa shape index (κ3) is 2.74. The largest absolute Gasteiger partial charge is 0.359 e. The molecule has 3 nitrogen and oxygen atoms in total. The number of hydrogen-bond donors (Lipinski definition) is 2. The van der Waals surface area contributed by atoms with Gasteiger partial charge < -0.3 is 10.1 Å². The van der Waals surface area contributed by atoms with Crippen molar-refractivity contribution in [2.75, 3.05) is 19.7 Å². The Bertz CT molecular complexity index is 368. The lowest BCUT2D eigenvalue weighted by Gasteiger charge is -2.44. The maximum atomic E-state index is 6.00. The van der Waals surface area contributed by atoms with Gasteiger partial charge >= 0.3 is 0 Å². The van der Waals surface area contributed by atoms with Crippen molar-refractivity contribution >= 4 is 0 Å². The minimum absolute atomic E-state index is 0.101. The van der Waals surface area contributed by atoms with Gasteiger partial charge in [-0.15, -0.1) is 0 Å². The van der Waals surface area contributed by atoms with Crippen LogP contribution in [0.1, 0.15) is 24.8 Å². The van der Waals surface area contributed by atoms with Gasteiger partial charge in [-0.3, -0.25) is 5.32 Å². The van der Waals surface area contributed by atoms with E-state index < -0.39 is 0 Å². The molecule has 0 aliphatic carbocycles. The highest BCUT2D eigenvalue weighted by Crippen LogP contribution is 2.24. The predicted octanol–water partition coefficient (Wildman–Crippen LogP) is 1.69. The molecule has 3 rings (SSSR count). The number of hydrogen-bond acceptors (Lipinski definition) is 3. The zero-order chi connectivity index (χ0) is 12.3. The summed E-state index contributed by atoms with van der Waals surface area (Å²) in [5.74, 6) is 0. The Hall–Kier alpha value is -0.900. The first kappa shape index (κ1) is 12.2. The van der Waals surface area contributed by atoms with Gasteiger partial charge in [0.2, 0.25) is 0 Å². The van der Waals surface area contributed by atoms with Gasteiger partial charge in [-0.2, -0.15) is 0 Å². The van der Waals surface area contributed by atoms with Gasteiger partial charge in [-0.05, 0) is 37.8 Å². The first-order valence-electron chi connectivity index (χ1n) is 7.03. The summed E-state index contributed by atoms with van der Waals surface area (Å²) in [5.41, 5.74) is 1.31. The summed E-state index contributed by atoms with van der Waals surface area (Å²) in [6.07, 6.45) is 4.54. The van der Waals surface area contributed by atoms with Gasteiger partial charge in [0.25, 0.3) is 0 Å². The third-order valence-electron chi connectivity index (χ3n) is 3.98. The molecule has 0 bridgehead atoms. The number of ether oxygens (including phenoxy) is 1. The van der Waals surface area contributed by atoms with Crippen LogP contribution in [0, 0.1) is 0 Å². The lowest BCUT2D eigenvalue weighted by atomic mass is 9.95. The molecule has 18 heavy (non-hydrogen) atoms. The fourth-order valence-corrected chi connectivity index (χ4v) is 3.06. The Morgan fingerprint density at radius 1 is 1.28 bits per heavy atom. The summed E-state index contributed by atoms with van der Waals surface area (Å²) < 4.78 is 6.00. The molecule has 2 N–H and O–H groups in total. The molecule has 0 saturated carbocycles. The third-order valence-corrected chi connectivity index (χ3v) is 3.98. The second-order valence-corrected chi connectivity index (χ2v) is 5.44. The molecule has 2 aliphatic rings. The average molecular weight is 246 g/mol. The SMILES string of the molecule is c1ccc(CC2CCOC3(CCCNC3)N2)cc1. The predicted molar refractivity (Wildman–Crippen MR) is 72.5 cm³/mol. The minimum atomic E-state index is -0.101. The van der Waals surface area contributed by atoms with Crippen LogP contribution in [0.25, 0.3) is 0 Å². The van der Waals surface area contributed by atoms with Crippen LogP contribution in [0.3, 0.4) is 0 Å². The van der Waals surface area contributed by atoms with Crippen LogP contribution in [-0.2, 0) is 11.2 Å². The van der Waals surface area contributed by atoms with E-state index in [-0.39, 0.29) is 5.72 Å². The molecule has 2 heterocycles. The van der Waals surface area contributed by atoms with Crippen LogP contribution in [0.15, 0.2) is 30.3 Å². The normalized spacial score (nSPS) is 32.6. The standard InChI is InChI=1S/C15H22N2O/c1-2-5-13(6-3-1)11-14-7-10-18-15(17-14)8-4-9-16-12-15/h1-3,5-6,14,16-17H,4,7-12H2. The van der Waals surface area contributed by atoms with E-state index >= 15 is 0 Å². The summed E-state index contributed by atoms with van der Waals surface area (Å²) in [6, 6.07) is 11.3. The molecule has 3 heteroatoms. The first-order chi connectivity index (χ1) is 8.86.